The van der Waals surface area contributed by atoms with Crippen LogP contribution in [0.2, 0.25) is 0 Å². The summed E-state index contributed by atoms with van der Waals surface area (Å²) in [6.45, 7) is 0.619. The number of carbonyl (C=O) groups is 2. The summed E-state index contributed by atoms with van der Waals surface area (Å²) in [5.41, 5.74) is -0.397. The molecule has 4 nitrogen and oxygen atoms in total. The Balaban J connectivity index is 1.44. The van der Waals surface area contributed by atoms with Crippen LogP contribution >= 0.6 is 0 Å². The van der Waals surface area contributed by atoms with Crippen molar-refractivity contribution in [1.82, 2.24) is 4.90 Å². The highest BCUT2D eigenvalue weighted by Gasteiger charge is 2.70. The van der Waals surface area contributed by atoms with Crippen molar-refractivity contribution in [2.45, 2.75) is 37.7 Å². The van der Waals surface area contributed by atoms with Gasteiger partial charge in [0.25, 0.3) is 11.8 Å². The van der Waals surface area contributed by atoms with Gasteiger partial charge in [0.1, 0.15) is 5.75 Å². The molecular formula is C17H17F2NO3. The number of fused-ring (bicyclic) bond motifs is 1. The van der Waals surface area contributed by atoms with Gasteiger partial charge in [-0.3, -0.25) is 9.59 Å². The summed E-state index contributed by atoms with van der Waals surface area (Å²) in [6.07, 6.45) is -0.251. The van der Waals surface area contributed by atoms with Crippen LogP contribution in [-0.4, -0.2) is 41.7 Å². The van der Waals surface area contributed by atoms with Crippen LogP contribution in [0.5, 0.6) is 5.75 Å². The van der Waals surface area contributed by atoms with E-state index in [1.165, 1.54) is 0 Å². The molecule has 1 aliphatic carbocycles. The molecule has 23 heavy (non-hydrogen) atoms. The van der Waals surface area contributed by atoms with E-state index in [4.69, 9.17) is 4.74 Å². The van der Waals surface area contributed by atoms with E-state index in [-0.39, 0.29) is 24.5 Å². The summed E-state index contributed by atoms with van der Waals surface area (Å²) in [6, 6.07) is 6.85. The molecule has 0 aromatic heterocycles. The predicted molar refractivity (Wildman–Crippen MR) is 77.6 cm³/mol. The summed E-state index contributed by atoms with van der Waals surface area (Å²) in [7, 11) is 0. The topological polar surface area (TPSA) is 46.6 Å². The first kappa shape index (κ1) is 14.6. The van der Waals surface area contributed by atoms with E-state index in [2.05, 4.69) is 0 Å². The van der Waals surface area contributed by atoms with Crippen LogP contribution in [0.1, 0.15) is 36.0 Å². The lowest BCUT2D eigenvalue weighted by Crippen LogP contribution is -2.48. The second-order valence-corrected chi connectivity index (χ2v) is 6.72. The fourth-order valence-electron chi connectivity index (χ4n) is 3.69. The Morgan fingerprint density at radius 3 is 2.52 bits per heavy atom. The minimum atomic E-state index is -2.57. The number of hydrogen-bond acceptors (Lipinski definition) is 3. The third kappa shape index (κ3) is 2.23. The fourth-order valence-corrected chi connectivity index (χ4v) is 3.69. The average molecular weight is 321 g/mol. The van der Waals surface area contributed by atoms with Crippen molar-refractivity contribution in [2.75, 3.05) is 13.1 Å². The number of alkyl halides is 2. The smallest absolute Gasteiger partial charge is 0.264 e. The van der Waals surface area contributed by atoms with Crippen LogP contribution in [0.15, 0.2) is 24.3 Å². The minimum Gasteiger partial charge on any atom is -0.479 e. The number of ether oxygens (including phenoxy) is 1. The standard InChI is InChI=1S/C17H17F2NO3/c18-17(19)10-16(17)5-7-20(8-6-16)15(22)14-9-12(21)11-3-1-2-4-13(11)23-14/h1-4,14H,5-10H2. The van der Waals surface area contributed by atoms with E-state index in [1.54, 1.807) is 29.2 Å². The lowest BCUT2D eigenvalue weighted by Gasteiger charge is -2.35. The van der Waals surface area contributed by atoms with E-state index in [0.29, 0.717) is 37.2 Å². The quantitative estimate of drug-likeness (QED) is 0.799. The molecule has 0 radical (unpaired) electrons. The molecule has 2 heterocycles. The Hall–Kier alpha value is -1.98. The van der Waals surface area contributed by atoms with Gasteiger partial charge in [-0.25, -0.2) is 8.78 Å². The molecule has 1 amide bonds. The molecule has 1 unspecified atom stereocenters. The molecule has 2 aliphatic heterocycles. The highest BCUT2D eigenvalue weighted by Crippen LogP contribution is 2.65. The number of hydrogen-bond donors (Lipinski definition) is 0. The lowest BCUT2D eigenvalue weighted by molar-refractivity contribution is -0.141. The third-order valence-corrected chi connectivity index (χ3v) is 5.35. The molecule has 3 aliphatic rings. The van der Waals surface area contributed by atoms with Gasteiger partial charge in [0.15, 0.2) is 11.9 Å². The summed E-state index contributed by atoms with van der Waals surface area (Å²) in [4.78, 5) is 26.3. The molecule has 1 aromatic rings. The Morgan fingerprint density at radius 2 is 1.87 bits per heavy atom. The summed E-state index contributed by atoms with van der Waals surface area (Å²) in [5.74, 6) is -2.54. The van der Waals surface area contributed by atoms with Crippen LogP contribution in [0.25, 0.3) is 0 Å². The number of carbonyl (C=O) groups excluding carboxylic acids is 2. The average Bonchev–Trinajstić information content (AvgIpc) is 3.07. The third-order valence-electron chi connectivity index (χ3n) is 5.35. The molecule has 1 spiro atoms. The number of rotatable bonds is 1. The summed E-state index contributed by atoms with van der Waals surface area (Å²) < 4.78 is 32.5. The molecule has 0 N–H and O–H groups in total. The van der Waals surface area contributed by atoms with Gasteiger partial charge in [0, 0.05) is 24.9 Å². The fraction of sp³-hybridized carbons (Fsp3) is 0.529. The van der Waals surface area contributed by atoms with Crippen molar-refractivity contribution >= 4 is 11.7 Å². The van der Waals surface area contributed by atoms with Gasteiger partial charge in [-0.1, -0.05) is 12.1 Å². The number of Topliss-reactive ketones (excluding diaryl/α,β-unsaturated/α-hetero) is 1. The first-order chi connectivity index (χ1) is 10.9. The van der Waals surface area contributed by atoms with Gasteiger partial charge in [0.2, 0.25) is 0 Å². The molecule has 122 valence electrons. The maximum atomic E-state index is 13.4. The molecule has 1 saturated carbocycles. The van der Waals surface area contributed by atoms with Gasteiger partial charge >= 0.3 is 0 Å². The second kappa shape index (κ2) is 4.76. The minimum absolute atomic E-state index is 0.00759. The summed E-state index contributed by atoms with van der Waals surface area (Å²) in [5, 5.41) is 0. The van der Waals surface area contributed by atoms with Crippen molar-refractivity contribution in [2.24, 2.45) is 5.41 Å². The molecule has 2 fully saturated rings. The lowest BCUT2D eigenvalue weighted by atomic mass is 9.92. The van der Waals surface area contributed by atoms with Crippen molar-refractivity contribution < 1.29 is 23.1 Å². The van der Waals surface area contributed by atoms with Crippen LogP contribution < -0.4 is 4.74 Å². The van der Waals surface area contributed by atoms with E-state index in [9.17, 15) is 18.4 Å². The first-order valence-corrected chi connectivity index (χ1v) is 7.87. The van der Waals surface area contributed by atoms with Gasteiger partial charge in [0.05, 0.1) is 12.0 Å². The Morgan fingerprint density at radius 1 is 1.22 bits per heavy atom. The number of para-hydroxylation sites is 1. The number of likely N-dealkylation sites (tertiary alicyclic amines) is 1. The van der Waals surface area contributed by atoms with Crippen molar-refractivity contribution in [3.8, 4) is 5.75 Å². The van der Waals surface area contributed by atoms with Crippen LogP contribution in [0, 0.1) is 5.41 Å². The number of ketones is 1. The highest BCUT2D eigenvalue weighted by atomic mass is 19.3. The van der Waals surface area contributed by atoms with Gasteiger partial charge in [-0.2, -0.15) is 0 Å². The summed E-state index contributed by atoms with van der Waals surface area (Å²) >= 11 is 0. The zero-order valence-corrected chi connectivity index (χ0v) is 12.6. The molecule has 1 saturated heterocycles. The van der Waals surface area contributed by atoms with E-state index >= 15 is 0 Å². The van der Waals surface area contributed by atoms with Gasteiger partial charge in [-0.05, 0) is 25.0 Å². The Bertz CT molecular complexity index is 680. The van der Waals surface area contributed by atoms with Crippen molar-refractivity contribution in [1.29, 1.82) is 0 Å². The van der Waals surface area contributed by atoms with Crippen LogP contribution in [-0.2, 0) is 4.79 Å². The number of benzene rings is 1. The highest BCUT2D eigenvalue weighted by molar-refractivity contribution is 6.03. The van der Waals surface area contributed by atoms with Gasteiger partial charge in [-0.15, -0.1) is 0 Å². The molecule has 0 bridgehead atoms. The van der Waals surface area contributed by atoms with E-state index in [1.807, 2.05) is 0 Å². The van der Waals surface area contributed by atoms with Crippen LogP contribution in [0.3, 0.4) is 0 Å². The van der Waals surface area contributed by atoms with Crippen molar-refractivity contribution in [3.05, 3.63) is 29.8 Å². The Kier molecular flexibility index (Phi) is 3.02. The molecule has 6 heteroatoms. The maximum absolute atomic E-state index is 13.4. The first-order valence-electron chi connectivity index (χ1n) is 7.87. The van der Waals surface area contributed by atoms with E-state index in [0.717, 1.165) is 0 Å². The largest absolute Gasteiger partial charge is 0.479 e. The molecule has 1 aromatic carbocycles. The van der Waals surface area contributed by atoms with Gasteiger partial charge < -0.3 is 9.64 Å². The van der Waals surface area contributed by atoms with Crippen LogP contribution in [0.4, 0.5) is 8.78 Å². The number of amides is 1. The zero-order chi connectivity index (χ0) is 16.2. The SMILES string of the molecule is O=C1CC(C(=O)N2CCC3(CC2)CC3(F)F)Oc2ccccc21. The number of halogens is 2. The van der Waals surface area contributed by atoms with E-state index < -0.39 is 17.4 Å². The van der Waals surface area contributed by atoms with Crippen molar-refractivity contribution in [3.63, 3.8) is 0 Å². The zero-order valence-electron chi connectivity index (χ0n) is 12.6. The normalized spacial score (nSPS) is 27.3. The second-order valence-electron chi connectivity index (χ2n) is 6.72. The maximum Gasteiger partial charge on any atom is 0.264 e. The Labute approximate surface area is 132 Å². The number of nitrogens with zero attached hydrogens (tertiary/aromatic N) is 1. The molecule has 4 rings (SSSR count). The molecule has 1 atom stereocenters. The molecular weight excluding hydrogens is 304 g/mol. The monoisotopic (exact) mass is 321 g/mol. The predicted octanol–water partition coefficient (Wildman–Crippen LogP) is 2.67. The number of piperidine rings is 1.